The van der Waals surface area contributed by atoms with Crippen LogP contribution in [-0.4, -0.2) is 12.6 Å². The zero-order valence-corrected chi connectivity index (χ0v) is 8.64. The summed E-state index contributed by atoms with van der Waals surface area (Å²) in [5.41, 5.74) is 0.138. The van der Waals surface area contributed by atoms with Crippen molar-refractivity contribution in [2.24, 2.45) is 5.41 Å². The molecule has 72 valence electrons. The first-order valence-corrected chi connectivity index (χ1v) is 4.67. The minimum atomic E-state index is -0.0980. The van der Waals surface area contributed by atoms with Crippen molar-refractivity contribution in [2.75, 3.05) is 6.61 Å². The normalized spacial score (nSPS) is 11.3. The van der Waals surface area contributed by atoms with Gasteiger partial charge in [0.05, 0.1) is 6.61 Å². The van der Waals surface area contributed by atoms with Gasteiger partial charge in [0.15, 0.2) is 0 Å². The maximum Gasteiger partial charge on any atom is 0.305 e. The van der Waals surface area contributed by atoms with E-state index in [1.54, 1.807) is 0 Å². The summed E-state index contributed by atoms with van der Waals surface area (Å²) in [6, 6.07) is 0. The Morgan fingerprint density at radius 2 is 1.92 bits per heavy atom. The van der Waals surface area contributed by atoms with E-state index in [1.165, 1.54) is 0 Å². The van der Waals surface area contributed by atoms with E-state index in [1.807, 2.05) is 6.92 Å². The zero-order chi connectivity index (χ0) is 9.61. The molecule has 0 radical (unpaired) electrons. The van der Waals surface area contributed by atoms with E-state index in [0.29, 0.717) is 13.0 Å². The zero-order valence-electron chi connectivity index (χ0n) is 8.64. The van der Waals surface area contributed by atoms with E-state index in [2.05, 4.69) is 20.8 Å². The maximum absolute atomic E-state index is 10.8. The third-order valence-electron chi connectivity index (χ3n) is 1.84. The highest BCUT2D eigenvalue weighted by Crippen LogP contribution is 2.22. The van der Waals surface area contributed by atoms with Gasteiger partial charge in [0, 0.05) is 6.42 Å². The Morgan fingerprint density at radius 3 is 2.33 bits per heavy atom. The van der Waals surface area contributed by atoms with Crippen LogP contribution in [-0.2, 0) is 9.53 Å². The second-order valence-corrected chi connectivity index (χ2v) is 3.93. The van der Waals surface area contributed by atoms with Crippen LogP contribution in [0.2, 0.25) is 0 Å². The highest BCUT2D eigenvalue weighted by Gasteiger charge is 2.18. The lowest BCUT2D eigenvalue weighted by Gasteiger charge is -2.23. The van der Waals surface area contributed by atoms with Gasteiger partial charge in [-0.15, -0.1) is 0 Å². The number of carbonyl (C=O) groups excluding carboxylic acids is 1. The highest BCUT2D eigenvalue weighted by atomic mass is 16.5. The number of hydrogen-bond acceptors (Lipinski definition) is 2. The molecule has 0 rings (SSSR count). The first-order chi connectivity index (χ1) is 5.52. The van der Waals surface area contributed by atoms with Crippen LogP contribution in [0.5, 0.6) is 0 Å². The van der Waals surface area contributed by atoms with Gasteiger partial charge in [0.25, 0.3) is 0 Å². The molecule has 0 aliphatic rings. The quantitative estimate of drug-likeness (QED) is 0.596. The van der Waals surface area contributed by atoms with Crippen LogP contribution in [0.25, 0.3) is 0 Å². The van der Waals surface area contributed by atoms with Crippen LogP contribution in [0.4, 0.5) is 0 Å². The molecule has 2 nitrogen and oxygen atoms in total. The molecule has 0 heterocycles. The van der Waals surface area contributed by atoms with Crippen molar-refractivity contribution in [1.82, 2.24) is 0 Å². The van der Waals surface area contributed by atoms with Crippen molar-refractivity contribution in [3.05, 3.63) is 0 Å². The van der Waals surface area contributed by atoms with Crippen molar-refractivity contribution < 1.29 is 9.53 Å². The van der Waals surface area contributed by atoms with Gasteiger partial charge < -0.3 is 4.74 Å². The number of rotatable bonds is 5. The Labute approximate surface area is 75.3 Å². The van der Waals surface area contributed by atoms with Gasteiger partial charge in [-0.2, -0.15) is 0 Å². The van der Waals surface area contributed by atoms with Gasteiger partial charge in [-0.25, -0.2) is 0 Å². The minimum absolute atomic E-state index is 0.0980. The van der Waals surface area contributed by atoms with E-state index >= 15 is 0 Å². The summed E-state index contributed by atoms with van der Waals surface area (Å²) in [6.07, 6.45) is 2.71. The van der Waals surface area contributed by atoms with Gasteiger partial charge in [-0.3, -0.25) is 4.79 Å². The summed E-state index contributed by atoms with van der Waals surface area (Å²) in [6.45, 7) is 8.75. The van der Waals surface area contributed by atoms with Crippen LogP contribution in [0.3, 0.4) is 0 Å². The molecule has 0 aromatic rings. The summed E-state index contributed by atoms with van der Waals surface area (Å²) in [4.78, 5) is 10.8. The van der Waals surface area contributed by atoms with Crippen molar-refractivity contribution in [1.29, 1.82) is 0 Å². The van der Waals surface area contributed by atoms with E-state index < -0.39 is 0 Å². The van der Waals surface area contributed by atoms with Crippen molar-refractivity contribution in [3.63, 3.8) is 0 Å². The largest absolute Gasteiger partial charge is 0.465 e. The topological polar surface area (TPSA) is 26.3 Å². The van der Waals surface area contributed by atoms with E-state index in [9.17, 15) is 4.79 Å². The summed E-state index contributed by atoms with van der Waals surface area (Å²) in [7, 11) is 0. The molecule has 0 aromatic heterocycles. The number of hydrogen-bond donors (Lipinski definition) is 0. The second-order valence-electron chi connectivity index (χ2n) is 3.93. The van der Waals surface area contributed by atoms with Crippen LogP contribution < -0.4 is 0 Å². The Bertz CT molecular complexity index is 139. The van der Waals surface area contributed by atoms with Crippen LogP contribution in [0.1, 0.15) is 47.0 Å². The Morgan fingerprint density at radius 1 is 1.33 bits per heavy atom. The monoisotopic (exact) mass is 172 g/mol. The molecule has 0 saturated carbocycles. The second kappa shape index (κ2) is 5.18. The van der Waals surface area contributed by atoms with Crippen LogP contribution in [0, 0.1) is 5.41 Å². The summed E-state index contributed by atoms with van der Waals surface area (Å²) >= 11 is 0. The first-order valence-electron chi connectivity index (χ1n) is 4.67. The summed E-state index contributed by atoms with van der Waals surface area (Å²) in [5.74, 6) is -0.0980. The molecular weight excluding hydrogens is 152 g/mol. The lowest BCUT2D eigenvalue weighted by Crippen LogP contribution is -2.21. The highest BCUT2D eigenvalue weighted by molar-refractivity contribution is 5.68. The van der Waals surface area contributed by atoms with Gasteiger partial charge >= 0.3 is 5.97 Å². The van der Waals surface area contributed by atoms with Crippen LogP contribution >= 0.6 is 0 Å². The predicted octanol–water partition coefficient (Wildman–Crippen LogP) is 2.77. The Balaban J connectivity index is 3.67. The Kier molecular flexibility index (Phi) is 4.95. The molecule has 0 atom stereocenters. The minimum Gasteiger partial charge on any atom is -0.465 e. The number of ether oxygens (including phenoxy) is 1. The number of carbonyl (C=O) groups is 1. The average Bonchev–Trinajstić information content (AvgIpc) is 2.00. The van der Waals surface area contributed by atoms with E-state index in [0.717, 1.165) is 12.8 Å². The fraction of sp³-hybridized carbons (Fsp3) is 0.900. The summed E-state index contributed by atoms with van der Waals surface area (Å²) < 4.78 is 5.07. The third-order valence-corrected chi connectivity index (χ3v) is 1.84. The molecule has 12 heavy (non-hydrogen) atoms. The molecule has 0 aliphatic heterocycles. The van der Waals surface area contributed by atoms with E-state index in [-0.39, 0.29) is 11.4 Å². The lowest BCUT2D eigenvalue weighted by atomic mass is 9.89. The first kappa shape index (κ1) is 11.5. The van der Waals surface area contributed by atoms with Gasteiger partial charge in [0.1, 0.15) is 0 Å². The van der Waals surface area contributed by atoms with Gasteiger partial charge in [-0.1, -0.05) is 34.1 Å². The molecular formula is C10H20O2. The molecule has 0 N–H and O–H groups in total. The fourth-order valence-corrected chi connectivity index (χ4v) is 1.13. The van der Waals surface area contributed by atoms with Crippen molar-refractivity contribution in [3.8, 4) is 0 Å². The molecule has 0 fully saturated rings. The molecule has 0 unspecified atom stereocenters. The maximum atomic E-state index is 10.8. The molecule has 0 aliphatic carbocycles. The average molecular weight is 172 g/mol. The fourth-order valence-electron chi connectivity index (χ4n) is 1.13. The van der Waals surface area contributed by atoms with Crippen LogP contribution in [0.15, 0.2) is 0 Å². The third kappa shape index (κ3) is 5.16. The summed E-state index contributed by atoms with van der Waals surface area (Å²) in [5, 5.41) is 0. The van der Waals surface area contributed by atoms with Gasteiger partial charge in [0.2, 0.25) is 0 Å². The standard InChI is InChI=1S/C10H20O2/c1-5-7-10(3,4)8-12-9(11)6-2/h5-8H2,1-4H3. The number of esters is 1. The predicted molar refractivity (Wildman–Crippen MR) is 49.9 cm³/mol. The SMILES string of the molecule is CCCC(C)(C)COC(=O)CC. The van der Waals surface area contributed by atoms with Crippen molar-refractivity contribution in [2.45, 2.75) is 47.0 Å². The molecule has 2 heteroatoms. The smallest absolute Gasteiger partial charge is 0.305 e. The van der Waals surface area contributed by atoms with E-state index in [4.69, 9.17) is 4.74 Å². The lowest BCUT2D eigenvalue weighted by molar-refractivity contribution is -0.146. The molecule has 0 spiro atoms. The van der Waals surface area contributed by atoms with Crippen molar-refractivity contribution >= 4 is 5.97 Å². The Hall–Kier alpha value is -0.530. The van der Waals surface area contributed by atoms with Gasteiger partial charge in [-0.05, 0) is 11.8 Å². The molecule has 0 saturated heterocycles. The molecule has 0 bridgehead atoms. The molecule has 0 amide bonds. The molecule has 0 aromatic carbocycles.